The van der Waals surface area contributed by atoms with E-state index in [2.05, 4.69) is 5.32 Å². The number of nitrogens with zero attached hydrogens (tertiary/aromatic N) is 1. The lowest BCUT2D eigenvalue weighted by Crippen LogP contribution is -2.43. The van der Waals surface area contributed by atoms with Gasteiger partial charge in [-0.05, 0) is 64.4 Å². The maximum atomic E-state index is 12.3. The number of rotatable bonds is 7. The summed E-state index contributed by atoms with van der Waals surface area (Å²) in [5, 5.41) is 2.82. The number of benzene rings is 1. The number of anilines is 1. The van der Waals surface area contributed by atoms with E-state index >= 15 is 0 Å². The third-order valence-corrected chi connectivity index (χ3v) is 4.24. The summed E-state index contributed by atoms with van der Waals surface area (Å²) >= 11 is 0. The summed E-state index contributed by atoms with van der Waals surface area (Å²) < 4.78 is 10.2. The molecule has 0 spiro atoms. The van der Waals surface area contributed by atoms with Crippen molar-refractivity contribution < 1.29 is 23.9 Å². The summed E-state index contributed by atoms with van der Waals surface area (Å²) in [6, 6.07) is 6.59. The Morgan fingerprint density at radius 3 is 2.56 bits per heavy atom. The molecule has 1 saturated heterocycles. The molecule has 27 heavy (non-hydrogen) atoms. The molecule has 1 N–H and O–H groups in total. The number of amides is 1. The average molecular weight is 376 g/mol. The zero-order valence-corrected chi connectivity index (χ0v) is 16.2. The van der Waals surface area contributed by atoms with Crippen LogP contribution in [0.4, 0.5) is 5.69 Å². The van der Waals surface area contributed by atoms with Crippen LogP contribution in [0.2, 0.25) is 0 Å². The third kappa shape index (κ3) is 6.67. The average Bonchev–Trinajstić information content (AvgIpc) is 2.62. The predicted molar refractivity (Wildman–Crippen MR) is 101 cm³/mol. The Kier molecular flexibility index (Phi) is 7.79. The van der Waals surface area contributed by atoms with Gasteiger partial charge in [-0.2, -0.15) is 0 Å². The first-order valence-corrected chi connectivity index (χ1v) is 9.39. The minimum atomic E-state index is -0.388. The molecule has 0 unspecified atom stereocenters. The van der Waals surface area contributed by atoms with Gasteiger partial charge in [-0.1, -0.05) is 0 Å². The fraction of sp³-hybridized carbons (Fsp3) is 0.550. The third-order valence-electron chi connectivity index (χ3n) is 4.24. The highest BCUT2D eigenvalue weighted by molar-refractivity contribution is 5.94. The van der Waals surface area contributed by atoms with E-state index in [0.29, 0.717) is 24.4 Å². The fourth-order valence-corrected chi connectivity index (χ4v) is 3.03. The van der Waals surface area contributed by atoms with Gasteiger partial charge < -0.3 is 14.8 Å². The second-order valence-electron chi connectivity index (χ2n) is 6.91. The molecule has 0 radical (unpaired) electrons. The first-order valence-electron chi connectivity index (χ1n) is 9.39. The van der Waals surface area contributed by atoms with Crippen molar-refractivity contribution in [1.29, 1.82) is 0 Å². The van der Waals surface area contributed by atoms with Crippen LogP contribution in [0, 0.1) is 5.92 Å². The van der Waals surface area contributed by atoms with E-state index in [1.165, 1.54) is 0 Å². The molecule has 1 atom stereocenters. The van der Waals surface area contributed by atoms with E-state index < -0.39 is 0 Å². The zero-order valence-electron chi connectivity index (χ0n) is 16.2. The van der Waals surface area contributed by atoms with Crippen molar-refractivity contribution in [3.8, 4) is 0 Å². The number of piperidine rings is 1. The number of likely N-dealkylation sites (tertiary alicyclic amines) is 1. The van der Waals surface area contributed by atoms with Crippen molar-refractivity contribution in [1.82, 2.24) is 4.90 Å². The molecule has 0 bridgehead atoms. The summed E-state index contributed by atoms with van der Waals surface area (Å²) in [5.41, 5.74) is 1.05. The van der Waals surface area contributed by atoms with Crippen molar-refractivity contribution in [2.45, 2.75) is 39.7 Å². The molecule has 1 aromatic rings. The molecule has 1 aromatic carbocycles. The Balaban J connectivity index is 1.84. The largest absolute Gasteiger partial charge is 0.466 e. The van der Waals surface area contributed by atoms with Crippen molar-refractivity contribution in [2.24, 2.45) is 5.92 Å². The van der Waals surface area contributed by atoms with E-state index in [-0.39, 0.29) is 36.4 Å². The molecule has 1 aliphatic heterocycles. The first-order chi connectivity index (χ1) is 12.9. The maximum absolute atomic E-state index is 12.3. The minimum Gasteiger partial charge on any atom is -0.466 e. The summed E-state index contributed by atoms with van der Waals surface area (Å²) in [5.74, 6) is -0.901. The van der Waals surface area contributed by atoms with Crippen molar-refractivity contribution >= 4 is 23.5 Å². The molecule has 7 nitrogen and oxygen atoms in total. The van der Waals surface area contributed by atoms with E-state index in [1.807, 2.05) is 4.90 Å². The minimum absolute atomic E-state index is 0.156. The quantitative estimate of drug-likeness (QED) is 0.736. The van der Waals surface area contributed by atoms with Crippen LogP contribution < -0.4 is 5.32 Å². The smallest absolute Gasteiger partial charge is 0.338 e. The van der Waals surface area contributed by atoms with E-state index in [1.54, 1.807) is 45.0 Å². The highest BCUT2D eigenvalue weighted by Gasteiger charge is 2.27. The Bertz CT molecular complexity index is 657. The van der Waals surface area contributed by atoms with Crippen LogP contribution in [0.25, 0.3) is 0 Å². The Morgan fingerprint density at radius 2 is 1.93 bits per heavy atom. The lowest BCUT2D eigenvalue weighted by molar-refractivity contribution is -0.150. The van der Waals surface area contributed by atoms with Crippen LogP contribution in [-0.2, 0) is 19.1 Å². The highest BCUT2D eigenvalue weighted by Crippen LogP contribution is 2.18. The van der Waals surface area contributed by atoms with Gasteiger partial charge in [0.25, 0.3) is 0 Å². The van der Waals surface area contributed by atoms with Gasteiger partial charge >= 0.3 is 11.9 Å². The Morgan fingerprint density at radius 1 is 1.22 bits per heavy atom. The van der Waals surface area contributed by atoms with Crippen LogP contribution in [-0.4, -0.2) is 55.1 Å². The molecule has 0 saturated carbocycles. The molecule has 0 aromatic heterocycles. The van der Waals surface area contributed by atoms with Crippen LogP contribution in [0.1, 0.15) is 44.0 Å². The van der Waals surface area contributed by atoms with Crippen LogP contribution in [0.5, 0.6) is 0 Å². The first kappa shape index (κ1) is 20.9. The van der Waals surface area contributed by atoms with E-state index in [0.717, 1.165) is 19.4 Å². The molecule has 7 heteroatoms. The van der Waals surface area contributed by atoms with Gasteiger partial charge in [-0.3, -0.25) is 14.5 Å². The van der Waals surface area contributed by atoms with Crippen molar-refractivity contribution in [2.75, 3.05) is 31.6 Å². The molecule has 0 aliphatic carbocycles. The molecule has 1 heterocycles. The summed E-state index contributed by atoms with van der Waals surface area (Å²) in [7, 11) is 0. The molecule has 148 valence electrons. The molecule has 1 fully saturated rings. The van der Waals surface area contributed by atoms with Gasteiger partial charge in [0, 0.05) is 12.2 Å². The van der Waals surface area contributed by atoms with E-state index in [9.17, 15) is 14.4 Å². The topological polar surface area (TPSA) is 84.9 Å². The van der Waals surface area contributed by atoms with Crippen molar-refractivity contribution in [3.63, 3.8) is 0 Å². The fourth-order valence-electron chi connectivity index (χ4n) is 3.03. The Hall–Kier alpha value is -2.41. The number of carbonyl (C=O) groups excluding carboxylic acids is 3. The second-order valence-corrected chi connectivity index (χ2v) is 6.91. The van der Waals surface area contributed by atoms with Gasteiger partial charge in [0.05, 0.1) is 30.7 Å². The van der Waals surface area contributed by atoms with E-state index in [4.69, 9.17) is 9.47 Å². The molecule has 2 rings (SSSR count). The molecular weight excluding hydrogens is 348 g/mol. The predicted octanol–water partition coefficient (Wildman–Crippen LogP) is 2.47. The maximum Gasteiger partial charge on any atom is 0.338 e. The SMILES string of the molecule is CCOC(=O)[C@@H]1CCCN(CC(=O)Nc2ccc(C(=O)OC(C)C)cc2)C1. The van der Waals surface area contributed by atoms with Crippen LogP contribution in [0.3, 0.4) is 0 Å². The number of nitrogens with one attached hydrogen (secondary N) is 1. The standard InChI is InChI=1S/C20H28N2O5/c1-4-26-19(24)16-6-5-11-22(12-16)13-18(23)21-17-9-7-15(8-10-17)20(25)27-14(2)3/h7-10,14,16H,4-6,11-13H2,1-3H3,(H,21,23)/t16-/m1/s1. The van der Waals surface area contributed by atoms with Crippen LogP contribution in [0.15, 0.2) is 24.3 Å². The van der Waals surface area contributed by atoms with Crippen LogP contribution >= 0.6 is 0 Å². The molecule has 1 aliphatic rings. The number of esters is 2. The number of hydrogen-bond donors (Lipinski definition) is 1. The van der Waals surface area contributed by atoms with Gasteiger partial charge in [-0.25, -0.2) is 4.79 Å². The number of carbonyl (C=O) groups is 3. The Labute approximate surface area is 160 Å². The second kappa shape index (κ2) is 10.1. The van der Waals surface area contributed by atoms with Gasteiger partial charge in [0.1, 0.15) is 0 Å². The van der Waals surface area contributed by atoms with Gasteiger partial charge in [0.15, 0.2) is 0 Å². The summed E-state index contributed by atoms with van der Waals surface area (Å²) in [6.45, 7) is 7.28. The number of hydrogen-bond acceptors (Lipinski definition) is 6. The zero-order chi connectivity index (χ0) is 19.8. The summed E-state index contributed by atoms with van der Waals surface area (Å²) in [6.07, 6.45) is 1.48. The molecular formula is C20H28N2O5. The monoisotopic (exact) mass is 376 g/mol. The van der Waals surface area contributed by atoms with Gasteiger partial charge in [-0.15, -0.1) is 0 Å². The normalized spacial score (nSPS) is 17.4. The summed E-state index contributed by atoms with van der Waals surface area (Å²) in [4.78, 5) is 38.0. The number of ether oxygens (including phenoxy) is 2. The van der Waals surface area contributed by atoms with Gasteiger partial charge in [0.2, 0.25) is 5.91 Å². The highest BCUT2D eigenvalue weighted by atomic mass is 16.5. The lowest BCUT2D eigenvalue weighted by Gasteiger charge is -2.30. The van der Waals surface area contributed by atoms with Crippen molar-refractivity contribution in [3.05, 3.63) is 29.8 Å². The lowest BCUT2D eigenvalue weighted by atomic mass is 9.98. The molecule has 1 amide bonds.